The van der Waals surface area contributed by atoms with Crippen LogP contribution in [0.4, 0.5) is 5.69 Å². The Bertz CT molecular complexity index is 1120. The number of hydrazone groups is 1. The third-order valence-electron chi connectivity index (χ3n) is 3.89. The second-order valence-corrected chi connectivity index (χ2v) is 6.86. The van der Waals surface area contributed by atoms with E-state index in [1.165, 1.54) is 30.5 Å². The number of nitro groups is 1. The molecule has 0 fully saturated rings. The van der Waals surface area contributed by atoms with E-state index in [1.54, 1.807) is 48.5 Å². The smallest absolute Gasteiger partial charge is 0.343 e. The zero-order valence-electron chi connectivity index (χ0n) is 15.3. The van der Waals surface area contributed by atoms with Gasteiger partial charge in [-0.3, -0.25) is 14.9 Å². The van der Waals surface area contributed by atoms with Gasteiger partial charge in [0, 0.05) is 27.7 Å². The highest BCUT2D eigenvalue weighted by Crippen LogP contribution is 2.23. The number of nitrogens with one attached hydrogen (secondary N) is 1. The second-order valence-electron chi connectivity index (χ2n) is 5.94. The van der Waals surface area contributed by atoms with Crippen LogP contribution in [0.5, 0.6) is 5.75 Å². The van der Waals surface area contributed by atoms with Gasteiger partial charge in [-0.1, -0.05) is 34.1 Å². The van der Waals surface area contributed by atoms with Gasteiger partial charge >= 0.3 is 5.97 Å². The number of benzene rings is 3. The summed E-state index contributed by atoms with van der Waals surface area (Å²) in [5, 5.41) is 14.6. The van der Waals surface area contributed by atoms with Gasteiger partial charge in [-0.25, -0.2) is 10.2 Å². The molecule has 150 valence electrons. The van der Waals surface area contributed by atoms with Crippen LogP contribution in [0.2, 0.25) is 0 Å². The molecule has 3 aromatic rings. The van der Waals surface area contributed by atoms with Crippen molar-refractivity contribution in [3.05, 3.63) is 104 Å². The summed E-state index contributed by atoms with van der Waals surface area (Å²) in [6, 6.07) is 18.6. The molecule has 0 unspecified atom stereocenters. The quantitative estimate of drug-likeness (QED) is 0.190. The van der Waals surface area contributed by atoms with E-state index >= 15 is 0 Å². The minimum Gasteiger partial charge on any atom is -0.422 e. The molecule has 0 spiro atoms. The summed E-state index contributed by atoms with van der Waals surface area (Å²) < 4.78 is 6.11. The van der Waals surface area contributed by atoms with E-state index in [0.717, 1.165) is 0 Å². The highest BCUT2D eigenvalue weighted by molar-refractivity contribution is 9.10. The minimum absolute atomic E-state index is 0.128. The van der Waals surface area contributed by atoms with Gasteiger partial charge in [0.15, 0.2) is 0 Å². The van der Waals surface area contributed by atoms with Crippen LogP contribution in [0.15, 0.2) is 82.4 Å². The number of carbonyl (C=O) groups excluding carboxylic acids is 2. The number of carbonyl (C=O) groups is 2. The maximum Gasteiger partial charge on any atom is 0.343 e. The fourth-order valence-corrected chi connectivity index (χ4v) is 2.78. The molecule has 3 rings (SSSR count). The van der Waals surface area contributed by atoms with Crippen molar-refractivity contribution in [3.8, 4) is 5.75 Å². The number of hydrogen-bond acceptors (Lipinski definition) is 6. The van der Waals surface area contributed by atoms with Crippen molar-refractivity contribution in [2.45, 2.75) is 0 Å². The maximum absolute atomic E-state index is 12.4. The summed E-state index contributed by atoms with van der Waals surface area (Å²) in [5.41, 5.74) is 3.33. The predicted molar refractivity (Wildman–Crippen MR) is 114 cm³/mol. The van der Waals surface area contributed by atoms with E-state index in [2.05, 4.69) is 26.5 Å². The van der Waals surface area contributed by atoms with Gasteiger partial charge in [0.05, 0.1) is 16.7 Å². The van der Waals surface area contributed by atoms with E-state index in [-0.39, 0.29) is 22.9 Å². The molecule has 9 heteroatoms. The first-order chi connectivity index (χ1) is 14.4. The van der Waals surface area contributed by atoms with Crippen molar-refractivity contribution < 1.29 is 19.2 Å². The number of amides is 1. The van der Waals surface area contributed by atoms with Gasteiger partial charge in [0.25, 0.3) is 11.6 Å². The van der Waals surface area contributed by atoms with Crippen LogP contribution < -0.4 is 10.2 Å². The van der Waals surface area contributed by atoms with Gasteiger partial charge < -0.3 is 4.74 Å². The van der Waals surface area contributed by atoms with Crippen molar-refractivity contribution in [1.82, 2.24) is 5.43 Å². The zero-order chi connectivity index (χ0) is 21.5. The first-order valence-electron chi connectivity index (χ1n) is 8.58. The van der Waals surface area contributed by atoms with Crippen molar-refractivity contribution in [2.24, 2.45) is 5.10 Å². The van der Waals surface area contributed by atoms with Gasteiger partial charge in [-0.2, -0.15) is 5.10 Å². The Morgan fingerprint density at radius 2 is 1.70 bits per heavy atom. The molecular weight excluding hydrogens is 454 g/mol. The van der Waals surface area contributed by atoms with E-state index in [4.69, 9.17) is 4.74 Å². The molecule has 0 aromatic heterocycles. The summed E-state index contributed by atoms with van der Waals surface area (Å²) in [7, 11) is 0. The molecule has 0 aliphatic rings. The van der Waals surface area contributed by atoms with E-state index < -0.39 is 10.9 Å². The summed E-state index contributed by atoms with van der Waals surface area (Å²) in [4.78, 5) is 34.6. The summed E-state index contributed by atoms with van der Waals surface area (Å²) in [5.74, 6) is -0.860. The first kappa shape index (κ1) is 20.9. The number of hydrogen-bond donors (Lipinski definition) is 1. The first-order valence-corrected chi connectivity index (χ1v) is 9.38. The van der Waals surface area contributed by atoms with Crippen LogP contribution >= 0.6 is 15.9 Å². The van der Waals surface area contributed by atoms with Crippen LogP contribution in [0.3, 0.4) is 0 Å². The van der Waals surface area contributed by atoms with E-state index in [1.807, 2.05) is 0 Å². The lowest BCUT2D eigenvalue weighted by Crippen LogP contribution is -2.17. The lowest BCUT2D eigenvalue weighted by molar-refractivity contribution is -0.384. The molecule has 0 aliphatic carbocycles. The van der Waals surface area contributed by atoms with Crippen molar-refractivity contribution in [1.29, 1.82) is 0 Å². The van der Waals surface area contributed by atoms with Crippen LogP contribution in [-0.2, 0) is 0 Å². The van der Waals surface area contributed by atoms with Gasteiger partial charge in [-0.05, 0) is 42.5 Å². The Morgan fingerprint density at radius 1 is 1.00 bits per heavy atom. The third kappa shape index (κ3) is 5.36. The van der Waals surface area contributed by atoms with E-state index in [0.29, 0.717) is 15.6 Å². The monoisotopic (exact) mass is 467 g/mol. The Labute approximate surface area is 179 Å². The average molecular weight is 468 g/mol. The molecule has 3 aromatic carbocycles. The molecule has 0 saturated carbocycles. The minimum atomic E-state index is -0.685. The predicted octanol–water partition coefficient (Wildman–Crippen LogP) is 4.34. The molecule has 0 saturated heterocycles. The second kappa shape index (κ2) is 9.57. The number of non-ortho nitro benzene ring substituents is 1. The highest BCUT2D eigenvalue weighted by atomic mass is 79.9. The summed E-state index contributed by atoms with van der Waals surface area (Å²) in [6.45, 7) is 0. The lowest BCUT2D eigenvalue weighted by atomic mass is 10.2. The molecule has 0 bridgehead atoms. The SMILES string of the molecule is O=C(N/N=C\c1cc(Br)ccc1OC(=O)c1ccc([N+](=O)[O-])cc1)c1ccccc1. The zero-order valence-corrected chi connectivity index (χ0v) is 16.9. The van der Waals surface area contributed by atoms with Gasteiger partial charge in [-0.15, -0.1) is 0 Å². The molecule has 0 aliphatic heterocycles. The number of rotatable bonds is 6. The number of nitro benzene ring substituents is 1. The average Bonchev–Trinajstić information content (AvgIpc) is 2.76. The molecule has 0 atom stereocenters. The topological polar surface area (TPSA) is 111 Å². The summed E-state index contributed by atoms with van der Waals surface area (Å²) >= 11 is 3.33. The Kier molecular flexibility index (Phi) is 6.66. The van der Waals surface area contributed by atoms with Crippen LogP contribution in [-0.4, -0.2) is 23.0 Å². The molecule has 0 radical (unpaired) electrons. The Balaban J connectivity index is 1.73. The third-order valence-corrected chi connectivity index (χ3v) is 4.39. The van der Waals surface area contributed by atoms with Crippen molar-refractivity contribution in [2.75, 3.05) is 0 Å². The molecule has 30 heavy (non-hydrogen) atoms. The molecular formula is C21H14BrN3O5. The number of esters is 1. The van der Waals surface area contributed by atoms with Crippen molar-refractivity contribution in [3.63, 3.8) is 0 Å². The number of ether oxygens (including phenoxy) is 1. The van der Waals surface area contributed by atoms with Gasteiger partial charge in [0.1, 0.15) is 5.75 Å². The highest BCUT2D eigenvalue weighted by Gasteiger charge is 2.14. The largest absolute Gasteiger partial charge is 0.422 e. The van der Waals surface area contributed by atoms with Crippen molar-refractivity contribution >= 4 is 39.7 Å². The fraction of sp³-hybridized carbons (Fsp3) is 0. The normalized spacial score (nSPS) is 10.6. The van der Waals surface area contributed by atoms with Crippen LogP contribution in [0.25, 0.3) is 0 Å². The Hall–Kier alpha value is -3.85. The van der Waals surface area contributed by atoms with Gasteiger partial charge in [0.2, 0.25) is 0 Å². The molecule has 1 amide bonds. The Morgan fingerprint density at radius 3 is 2.37 bits per heavy atom. The molecule has 8 nitrogen and oxygen atoms in total. The van der Waals surface area contributed by atoms with Crippen LogP contribution in [0.1, 0.15) is 26.3 Å². The lowest BCUT2D eigenvalue weighted by Gasteiger charge is -2.08. The fourth-order valence-electron chi connectivity index (χ4n) is 2.41. The summed E-state index contributed by atoms with van der Waals surface area (Å²) in [6.07, 6.45) is 1.35. The van der Waals surface area contributed by atoms with E-state index in [9.17, 15) is 19.7 Å². The molecule has 0 heterocycles. The molecule has 1 N–H and O–H groups in total. The standard InChI is InChI=1S/C21H14BrN3O5/c22-17-8-11-19(30-21(27)15-6-9-18(10-7-15)25(28)29)16(12-17)13-23-24-20(26)14-4-2-1-3-5-14/h1-13H,(H,24,26)/b23-13-. The maximum atomic E-state index is 12.4. The van der Waals surface area contributed by atoms with Crippen LogP contribution in [0, 0.1) is 10.1 Å². The number of nitrogens with zero attached hydrogens (tertiary/aromatic N) is 2. The number of halogens is 1.